The van der Waals surface area contributed by atoms with E-state index in [-0.39, 0.29) is 29.2 Å². The normalized spacial score (nSPS) is 14.9. The van der Waals surface area contributed by atoms with Gasteiger partial charge < -0.3 is 18.5 Å². The van der Waals surface area contributed by atoms with Crippen LogP contribution in [-0.4, -0.2) is 10.8 Å². The Bertz CT molecular complexity index is 1610. The van der Waals surface area contributed by atoms with Gasteiger partial charge in [-0.3, -0.25) is 9.59 Å². The maximum Gasteiger partial charge on any atom is 0.291 e. The fourth-order valence-electron chi connectivity index (χ4n) is 4.45. The van der Waals surface area contributed by atoms with E-state index < -0.39 is 6.04 Å². The predicted octanol–water partition coefficient (Wildman–Crippen LogP) is 6.58. The summed E-state index contributed by atoms with van der Waals surface area (Å²) in [7, 11) is 0. The Labute approximate surface area is 204 Å². The number of rotatable bonds is 5. The average Bonchev–Trinajstić information content (AvgIpc) is 3.48. The second-order valence-corrected chi connectivity index (χ2v) is 8.65. The van der Waals surface area contributed by atoms with Gasteiger partial charge in [-0.05, 0) is 60.2 Å². The second kappa shape index (κ2) is 8.49. The van der Waals surface area contributed by atoms with Gasteiger partial charge in [0, 0.05) is 5.02 Å². The molecule has 0 fully saturated rings. The van der Waals surface area contributed by atoms with Crippen LogP contribution in [0.5, 0.6) is 11.5 Å². The maximum absolute atomic E-state index is 13.7. The molecule has 0 spiro atoms. The highest BCUT2D eigenvalue weighted by molar-refractivity contribution is 6.31. The molecular weight excluding hydrogens is 466 g/mol. The molecule has 3 aromatic carbocycles. The highest BCUT2D eigenvalue weighted by atomic mass is 35.5. The predicted molar refractivity (Wildman–Crippen MR) is 131 cm³/mol. The van der Waals surface area contributed by atoms with Crippen LogP contribution < -0.4 is 10.2 Å². The number of hydrogen-bond donors (Lipinski definition) is 0. The van der Waals surface area contributed by atoms with Gasteiger partial charge in [-0.25, -0.2) is 0 Å². The summed E-state index contributed by atoms with van der Waals surface area (Å²) < 4.78 is 17.5. The molecule has 3 heterocycles. The third-order valence-corrected chi connectivity index (χ3v) is 6.22. The molecule has 0 aliphatic carbocycles. The number of carbonyl (C=O) groups excluding carboxylic acids is 1. The second-order valence-electron chi connectivity index (χ2n) is 8.22. The van der Waals surface area contributed by atoms with E-state index in [0.29, 0.717) is 38.8 Å². The number of hydrogen-bond acceptors (Lipinski definition) is 5. The molecule has 0 saturated heterocycles. The lowest BCUT2D eigenvalue weighted by Gasteiger charge is -2.24. The van der Waals surface area contributed by atoms with Crippen molar-refractivity contribution in [1.82, 2.24) is 4.90 Å². The van der Waals surface area contributed by atoms with Crippen molar-refractivity contribution in [3.63, 3.8) is 0 Å². The van der Waals surface area contributed by atoms with Crippen LogP contribution in [0.4, 0.5) is 0 Å². The van der Waals surface area contributed by atoms with E-state index in [0.717, 1.165) is 0 Å². The number of furan rings is 1. The largest absolute Gasteiger partial charge is 0.467 e. The average molecular weight is 484 g/mol. The molecule has 7 heteroatoms. The van der Waals surface area contributed by atoms with Crippen molar-refractivity contribution in [2.45, 2.75) is 12.6 Å². The summed E-state index contributed by atoms with van der Waals surface area (Å²) in [5, 5.41) is 0.738. The number of carbonyl (C=O) groups is 1. The third-order valence-electron chi connectivity index (χ3n) is 5.99. The summed E-state index contributed by atoms with van der Waals surface area (Å²) in [5.41, 5.74) is 1.00. The number of fused-ring (bicyclic) bond motifs is 2. The minimum absolute atomic E-state index is 0.0239. The molecule has 1 aliphatic heterocycles. The fraction of sp³-hybridized carbons (Fsp3) is 0.0714. The Morgan fingerprint density at radius 1 is 0.886 bits per heavy atom. The topological polar surface area (TPSA) is 72.9 Å². The van der Waals surface area contributed by atoms with Gasteiger partial charge in [-0.2, -0.15) is 0 Å². The number of para-hydroxylation sites is 1. The van der Waals surface area contributed by atoms with Crippen LogP contribution in [0, 0.1) is 0 Å². The summed E-state index contributed by atoms with van der Waals surface area (Å²) >= 11 is 6.16. The van der Waals surface area contributed by atoms with Crippen molar-refractivity contribution >= 4 is 28.5 Å². The van der Waals surface area contributed by atoms with E-state index >= 15 is 0 Å². The maximum atomic E-state index is 13.7. The first kappa shape index (κ1) is 21.3. The first-order valence-electron chi connectivity index (χ1n) is 11.0. The van der Waals surface area contributed by atoms with Crippen LogP contribution in [0.3, 0.4) is 0 Å². The molecule has 35 heavy (non-hydrogen) atoms. The molecule has 5 aromatic rings. The molecule has 0 bridgehead atoms. The van der Waals surface area contributed by atoms with Crippen molar-refractivity contribution in [3.8, 4) is 11.5 Å². The van der Waals surface area contributed by atoms with Gasteiger partial charge in [-0.1, -0.05) is 41.9 Å². The van der Waals surface area contributed by atoms with Gasteiger partial charge in [0.15, 0.2) is 5.43 Å². The molecule has 1 unspecified atom stereocenters. The zero-order chi connectivity index (χ0) is 23.9. The summed E-state index contributed by atoms with van der Waals surface area (Å²) in [6.45, 7) is 0.168. The number of halogens is 1. The molecule has 172 valence electrons. The van der Waals surface area contributed by atoms with Crippen molar-refractivity contribution in [3.05, 3.63) is 129 Å². The molecule has 1 atom stereocenters. The smallest absolute Gasteiger partial charge is 0.291 e. The van der Waals surface area contributed by atoms with Crippen LogP contribution in [0.1, 0.15) is 33.5 Å². The zero-order valence-electron chi connectivity index (χ0n) is 18.3. The minimum Gasteiger partial charge on any atom is -0.467 e. The van der Waals surface area contributed by atoms with Gasteiger partial charge in [-0.15, -0.1) is 0 Å². The van der Waals surface area contributed by atoms with Gasteiger partial charge in [0.2, 0.25) is 5.76 Å². The Hall–Kier alpha value is -4.29. The molecule has 0 saturated carbocycles. The van der Waals surface area contributed by atoms with Crippen LogP contribution >= 0.6 is 11.6 Å². The SMILES string of the molecule is O=C1c2oc3ccc(Cl)cc3c(=O)c2C(c2cccc(Oc3ccccc3)c2)N1Cc1ccco1. The summed E-state index contributed by atoms with van der Waals surface area (Å²) in [6.07, 6.45) is 1.55. The van der Waals surface area contributed by atoms with Gasteiger partial charge in [0.05, 0.1) is 29.8 Å². The van der Waals surface area contributed by atoms with Crippen molar-refractivity contribution in [2.24, 2.45) is 0 Å². The van der Waals surface area contributed by atoms with E-state index in [4.69, 9.17) is 25.2 Å². The Morgan fingerprint density at radius 3 is 2.51 bits per heavy atom. The highest BCUT2D eigenvalue weighted by Crippen LogP contribution is 2.40. The standard InChI is InChI=1S/C28H18ClNO5/c29-18-11-12-23-22(15-18)26(31)24-25(30(28(32)27(24)35-23)16-21-10-5-13-33-21)17-6-4-9-20(14-17)34-19-7-2-1-3-8-19/h1-15,25H,16H2. The van der Waals surface area contributed by atoms with Crippen LogP contribution in [-0.2, 0) is 6.54 Å². The number of amides is 1. The zero-order valence-corrected chi connectivity index (χ0v) is 19.1. The number of nitrogens with zero attached hydrogens (tertiary/aromatic N) is 1. The molecule has 0 radical (unpaired) electrons. The van der Waals surface area contributed by atoms with E-state index in [1.807, 2.05) is 54.6 Å². The fourth-order valence-corrected chi connectivity index (χ4v) is 4.62. The van der Waals surface area contributed by atoms with Crippen LogP contribution in [0.25, 0.3) is 11.0 Å². The van der Waals surface area contributed by atoms with Gasteiger partial charge in [0.1, 0.15) is 22.8 Å². The Morgan fingerprint density at radius 2 is 1.71 bits per heavy atom. The molecule has 2 aromatic heterocycles. The molecule has 6 rings (SSSR count). The number of benzene rings is 3. The lowest BCUT2D eigenvalue weighted by atomic mass is 9.98. The molecule has 0 N–H and O–H groups in total. The first-order valence-corrected chi connectivity index (χ1v) is 11.4. The molecular formula is C28H18ClNO5. The number of ether oxygens (including phenoxy) is 1. The Kier molecular flexibility index (Phi) is 5.16. The van der Waals surface area contributed by atoms with Crippen molar-refractivity contribution < 1.29 is 18.4 Å². The molecule has 1 aliphatic rings. The van der Waals surface area contributed by atoms with Gasteiger partial charge in [0.25, 0.3) is 5.91 Å². The first-order chi connectivity index (χ1) is 17.1. The van der Waals surface area contributed by atoms with Crippen molar-refractivity contribution in [2.75, 3.05) is 0 Å². The van der Waals surface area contributed by atoms with Crippen molar-refractivity contribution in [1.29, 1.82) is 0 Å². The summed E-state index contributed by atoms with van der Waals surface area (Å²) in [5.74, 6) is 1.49. The summed E-state index contributed by atoms with van der Waals surface area (Å²) in [4.78, 5) is 28.8. The van der Waals surface area contributed by atoms with E-state index in [1.165, 1.54) is 0 Å². The van der Waals surface area contributed by atoms with E-state index in [2.05, 4.69) is 0 Å². The van der Waals surface area contributed by atoms with E-state index in [1.54, 1.807) is 41.5 Å². The molecule has 1 amide bonds. The minimum atomic E-state index is -0.693. The lowest BCUT2D eigenvalue weighted by Crippen LogP contribution is -2.29. The monoisotopic (exact) mass is 483 g/mol. The van der Waals surface area contributed by atoms with Crippen LogP contribution in [0.2, 0.25) is 5.02 Å². The Balaban J connectivity index is 1.51. The van der Waals surface area contributed by atoms with Gasteiger partial charge >= 0.3 is 0 Å². The quantitative estimate of drug-likeness (QED) is 0.282. The third kappa shape index (κ3) is 3.78. The van der Waals surface area contributed by atoms with Crippen LogP contribution in [0.15, 0.2) is 105 Å². The lowest BCUT2D eigenvalue weighted by molar-refractivity contribution is 0.0701. The van der Waals surface area contributed by atoms with E-state index in [9.17, 15) is 9.59 Å². The molecule has 6 nitrogen and oxygen atoms in total. The summed E-state index contributed by atoms with van der Waals surface area (Å²) in [6, 6.07) is 24.4. The highest BCUT2D eigenvalue weighted by Gasteiger charge is 2.43.